The molecule has 1 spiro atoms. The highest BCUT2D eigenvalue weighted by Gasteiger charge is 2.43. The van der Waals surface area contributed by atoms with Crippen molar-refractivity contribution >= 4 is 6.03 Å². The molecule has 3 aromatic rings. The molecule has 240 valence electrons. The fourth-order valence-electron chi connectivity index (χ4n) is 6.54. The standard InChI is InChI=1S/C36H45N3O6/c1-3-37-35(41)38-22-27-5-4-6-31(21-27)28-11-13-30(14-12-28)34-44-32(23-39-17-15-36(16-18-39)42-19-20-43-36)25(2)33(45-34)29-9-7-26(24-40)8-10-29/h4-14,21,25,32-34,40H,3,15-20,22-24H2,1-2H3,(H2,37,38,41)/t25-,32+,33+,34+/m0/s1. The molecule has 3 fully saturated rings. The van der Waals surface area contributed by atoms with Gasteiger partial charge in [-0.1, -0.05) is 73.7 Å². The van der Waals surface area contributed by atoms with E-state index in [1.807, 2.05) is 31.2 Å². The van der Waals surface area contributed by atoms with E-state index in [-0.39, 0.29) is 30.8 Å². The van der Waals surface area contributed by atoms with Crippen LogP contribution in [0, 0.1) is 5.92 Å². The van der Waals surface area contributed by atoms with Gasteiger partial charge in [0, 0.05) is 57.0 Å². The number of piperidine rings is 1. The SMILES string of the molecule is CCNC(=O)NCc1cccc(-c2ccc([C@@H]3O[C@H](CN4CCC5(CC4)OCCO5)[C@H](C)[C@H](c4ccc(CO)cc4)O3)cc2)c1. The molecular weight excluding hydrogens is 570 g/mol. The van der Waals surface area contributed by atoms with E-state index in [2.05, 4.69) is 71.0 Å². The number of nitrogens with one attached hydrogen (secondary N) is 2. The number of likely N-dealkylation sites (tertiary alicyclic amines) is 1. The van der Waals surface area contributed by atoms with Crippen LogP contribution in [0.25, 0.3) is 11.1 Å². The largest absolute Gasteiger partial charge is 0.392 e. The number of aliphatic hydroxyl groups is 1. The molecule has 4 atom stereocenters. The summed E-state index contributed by atoms with van der Waals surface area (Å²) in [5.41, 5.74) is 6.11. The van der Waals surface area contributed by atoms with Crippen molar-refractivity contribution in [3.8, 4) is 11.1 Å². The molecule has 3 aliphatic rings. The Morgan fingerprint density at radius 1 is 0.889 bits per heavy atom. The highest BCUT2D eigenvalue weighted by atomic mass is 16.7. The second-order valence-corrected chi connectivity index (χ2v) is 12.3. The lowest BCUT2D eigenvalue weighted by Gasteiger charge is -2.44. The van der Waals surface area contributed by atoms with Gasteiger partial charge in [0.1, 0.15) is 0 Å². The van der Waals surface area contributed by atoms with Crippen molar-refractivity contribution in [2.24, 2.45) is 5.92 Å². The highest BCUT2D eigenvalue weighted by Crippen LogP contribution is 2.42. The van der Waals surface area contributed by atoms with Crippen LogP contribution in [-0.2, 0) is 32.1 Å². The maximum atomic E-state index is 11.8. The fraction of sp³-hybridized carbons (Fsp3) is 0.472. The lowest BCUT2D eigenvalue weighted by atomic mass is 9.89. The van der Waals surface area contributed by atoms with Crippen LogP contribution in [0.2, 0.25) is 0 Å². The Morgan fingerprint density at radius 3 is 2.29 bits per heavy atom. The monoisotopic (exact) mass is 615 g/mol. The number of benzene rings is 3. The van der Waals surface area contributed by atoms with Crippen LogP contribution in [0.5, 0.6) is 0 Å². The second-order valence-electron chi connectivity index (χ2n) is 12.3. The number of aliphatic hydroxyl groups excluding tert-OH is 1. The number of amides is 2. The van der Waals surface area contributed by atoms with E-state index in [1.54, 1.807) is 0 Å². The average Bonchev–Trinajstić information content (AvgIpc) is 3.54. The first-order valence-corrected chi connectivity index (χ1v) is 16.2. The van der Waals surface area contributed by atoms with Gasteiger partial charge in [-0.3, -0.25) is 0 Å². The maximum absolute atomic E-state index is 11.8. The Labute approximate surface area is 265 Å². The van der Waals surface area contributed by atoms with Crippen LogP contribution in [0.1, 0.15) is 61.3 Å². The molecule has 3 heterocycles. The number of ether oxygens (including phenoxy) is 4. The fourth-order valence-corrected chi connectivity index (χ4v) is 6.54. The van der Waals surface area contributed by atoms with E-state index < -0.39 is 12.1 Å². The van der Waals surface area contributed by atoms with Crippen molar-refractivity contribution in [3.63, 3.8) is 0 Å². The molecule has 9 nitrogen and oxygen atoms in total. The molecule has 3 aliphatic heterocycles. The van der Waals surface area contributed by atoms with Gasteiger partial charge < -0.3 is 39.6 Å². The molecule has 0 unspecified atom stereocenters. The van der Waals surface area contributed by atoms with Crippen molar-refractivity contribution in [3.05, 3.63) is 95.1 Å². The number of carbonyl (C=O) groups is 1. The van der Waals surface area contributed by atoms with Crippen molar-refractivity contribution in [1.29, 1.82) is 0 Å². The van der Waals surface area contributed by atoms with Gasteiger partial charge in [0.25, 0.3) is 0 Å². The lowest BCUT2D eigenvalue weighted by Crippen LogP contribution is -2.50. The van der Waals surface area contributed by atoms with E-state index in [1.165, 1.54) is 0 Å². The normalized spacial score (nSPS) is 24.9. The zero-order valence-corrected chi connectivity index (χ0v) is 26.2. The van der Waals surface area contributed by atoms with Crippen molar-refractivity contribution in [2.75, 3.05) is 39.4 Å². The van der Waals surface area contributed by atoms with Crippen LogP contribution in [0.3, 0.4) is 0 Å². The first kappa shape index (κ1) is 31.7. The summed E-state index contributed by atoms with van der Waals surface area (Å²) < 4.78 is 25.3. The van der Waals surface area contributed by atoms with Gasteiger partial charge in [-0.15, -0.1) is 0 Å². The number of hydrogen-bond donors (Lipinski definition) is 3. The maximum Gasteiger partial charge on any atom is 0.315 e. The van der Waals surface area contributed by atoms with E-state index in [9.17, 15) is 9.90 Å². The predicted octanol–water partition coefficient (Wildman–Crippen LogP) is 5.30. The summed E-state index contributed by atoms with van der Waals surface area (Å²) in [7, 11) is 0. The number of nitrogens with zero attached hydrogens (tertiary/aromatic N) is 1. The average molecular weight is 616 g/mol. The van der Waals surface area contributed by atoms with Gasteiger partial charge in [-0.05, 0) is 40.8 Å². The molecule has 9 heteroatoms. The Hall–Kier alpha value is -3.31. The summed E-state index contributed by atoms with van der Waals surface area (Å²) >= 11 is 0. The van der Waals surface area contributed by atoms with Gasteiger partial charge in [0.15, 0.2) is 12.1 Å². The molecule has 0 saturated carbocycles. The van der Waals surface area contributed by atoms with Crippen molar-refractivity contribution < 1.29 is 28.8 Å². The minimum absolute atomic E-state index is 0.0134. The summed E-state index contributed by atoms with van der Waals surface area (Å²) in [6, 6.07) is 24.4. The van der Waals surface area contributed by atoms with E-state index >= 15 is 0 Å². The van der Waals surface area contributed by atoms with Crippen LogP contribution in [-0.4, -0.2) is 67.3 Å². The van der Waals surface area contributed by atoms with Gasteiger partial charge in [0.2, 0.25) is 0 Å². The minimum Gasteiger partial charge on any atom is -0.392 e. The first-order chi connectivity index (χ1) is 21.9. The Morgan fingerprint density at radius 2 is 1.60 bits per heavy atom. The Kier molecular flexibility index (Phi) is 10.1. The molecule has 0 radical (unpaired) electrons. The van der Waals surface area contributed by atoms with E-state index in [0.29, 0.717) is 26.3 Å². The van der Waals surface area contributed by atoms with Gasteiger partial charge in [-0.25, -0.2) is 4.79 Å². The smallest absolute Gasteiger partial charge is 0.315 e. The second kappa shape index (κ2) is 14.4. The summed E-state index contributed by atoms with van der Waals surface area (Å²) in [4.78, 5) is 14.3. The van der Waals surface area contributed by atoms with E-state index in [0.717, 1.165) is 65.9 Å². The molecule has 0 bridgehead atoms. The molecule has 0 aromatic heterocycles. The lowest BCUT2D eigenvalue weighted by molar-refractivity contribution is -0.278. The number of carbonyl (C=O) groups excluding carboxylic acids is 1. The first-order valence-electron chi connectivity index (χ1n) is 16.2. The van der Waals surface area contributed by atoms with E-state index in [4.69, 9.17) is 18.9 Å². The quantitative estimate of drug-likeness (QED) is 0.301. The third-order valence-electron chi connectivity index (χ3n) is 9.23. The van der Waals surface area contributed by atoms with Gasteiger partial charge in [-0.2, -0.15) is 0 Å². The molecule has 2 amide bonds. The summed E-state index contributed by atoms with van der Waals surface area (Å²) in [5.74, 6) is -0.286. The number of urea groups is 1. The van der Waals surface area contributed by atoms with Crippen molar-refractivity contribution in [1.82, 2.24) is 15.5 Å². The van der Waals surface area contributed by atoms with Crippen LogP contribution in [0.15, 0.2) is 72.8 Å². The van der Waals surface area contributed by atoms with Crippen LogP contribution in [0.4, 0.5) is 4.79 Å². The highest BCUT2D eigenvalue weighted by molar-refractivity contribution is 5.73. The molecule has 3 aromatic carbocycles. The zero-order valence-electron chi connectivity index (χ0n) is 26.2. The van der Waals surface area contributed by atoms with Crippen LogP contribution < -0.4 is 10.6 Å². The van der Waals surface area contributed by atoms with Gasteiger partial charge >= 0.3 is 6.03 Å². The predicted molar refractivity (Wildman–Crippen MR) is 171 cm³/mol. The summed E-state index contributed by atoms with van der Waals surface area (Å²) in [6.45, 7) is 9.13. The summed E-state index contributed by atoms with van der Waals surface area (Å²) in [6.07, 6.45) is 1.01. The third-order valence-corrected chi connectivity index (χ3v) is 9.23. The Balaban J connectivity index is 1.18. The topological polar surface area (TPSA) is 102 Å². The minimum atomic E-state index is -0.520. The zero-order chi connectivity index (χ0) is 31.2. The molecule has 3 saturated heterocycles. The van der Waals surface area contributed by atoms with Crippen LogP contribution >= 0.6 is 0 Å². The molecule has 6 rings (SSSR count). The van der Waals surface area contributed by atoms with Crippen molar-refractivity contribution in [2.45, 2.75) is 64.1 Å². The third kappa shape index (κ3) is 7.57. The molecular formula is C36H45N3O6. The van der Waals surface area contributed by atoms with Gasteiger partial charge in [0.05, 0.1) is 32.0 Å². The number of rotatable bonds is 9. The molecule has 45 heavy (non-hydrogen) atoms. The molecule has 0 aliphatic carbocycles. The number of hydrogen-bond acceptors (Lipinski definition) is 7. The Bertz CT molecular complexity index is 1400. The summed E-state index contributed by atoms with van der Waals surface area (Å²) in [5, 5.41) is 15.2. The molecule has 3 N–H and O–H groups in total.